The molecule has 0 saturated heterocycles. The lowest BCUT2D eigenvalue weighted by molar-refractivity contribution is -0.136. The molecule has 9 nitrogen and oxygen atoms in total. The summed E-state index contributed by atoms with van der Waals surface area (Å²) in [4.78, 5) is 38.4. The molecule has 2 aromatic carbocycles. The molecule has 0 atom stereocenters. The molecule has 4 rings (SSSR count). The van der Waals surface area contributed by atoms with Crippen molar-refractivity contribution in [2.24, 2.45) is 5.10 Å². The Labute approximate surface area is 238 Å². The van der Waals surface area contributed by atoms with Crippen molar-refractivity contribution in [2.75, 3.05) is 19.5 Å². The van der Waals surface area contributed by atoms with E-state index >= 15 is 0 Å². The fraction of sp³-hybridized carbons (Fsp3) is 0.286. The monoisotopic (exact) mass is 613 g/mol. The maximum atomic E-state index is 12.6. The van der Waals surface area contributed by atoms with Crippen LogP contribution < -0.4 is 20.2 Å². The van der Waals surface area contributed by atoms with E-state index in [2.05, 4.69) is 31.8 Å². The number of carbonyl (C=O) groups is 3. The number of halogens is 1. The summed E-state index contributed by atoms with van der Waals surface area (Å²) in [6.07, 6.45) is 4.91. The van der Waals surface area contributed by atoms with Crippen LogP contribution in [0.15, 0.2) is 46.0 Å². The van der Waals surface area contributed by atoms with Gasteiger partial charge >= 0.3 is 17.8 Å². The second-order valence-electron chi connectivity index (χ2n) is 8.87. The van der Waals surface area contributed by atoms with Crippen molar-refractivity contribution < 1.29 is 28.6 Å². The SMILES string of the molecule is COC(=O)c1c(NC(=O)C(=O)N/N=C/c2cc(Br)c(OCc3ccc(C)cc3)c(OC)c2)sc2c1CCCC2. The third-order valence-electron chi connectivity index (χ3n) is 6.13. The molecule has 39 heavy (non-hydrogen) atoms. The van der Waals surface area contributed by atoms with Crippen LogP contribution in [0.3, 0.4) is 0 Å². The molecule has 204 valence electrons. The number of hydrazone groups is 1. The van der Waals surface area contributed by atoms with Crippen LogP contribution in [-0.4, -0.2) is 38.2 Å². The van der Waals surface area contributed by atoms with Crippen molar-refractivity contribution in [3.8, 4) is 11.5 Å². The van der Waals surface area contributed by atoms with Crippen LogP contribution in [0.2, 0.25) is 0 Å². The van der Waals surface area contributed by atoms with E-state index in [1.807, 2.05) is 31.2 Å². The summed E-state index contributed by atoms with van der Waals surface area (Å²) < 4.78 is 17.0. The number of nitrogens with one attached hydrogen (secondary N) is 2. The summed E-state index contributed by atoms with van der Waals surface area (Å²) in [5.41, 5.74) is 6.21. The normalized spacial score (nSPS) is 12.5. The topological polar surface area (TPSA) is 115 Å². The predicted octanol–water partition coefficient (Wildman–Crippen LogP) is 5.16. The van der Waals surface area contributed by atoms with Gasteiger partial charge in [0, 0.05) is 4.88 Å². The number of amides is 2. The molecule has 0 unspecified atom stereocenters. The highest BCUT2D eigenvalue weighted by Gasteiger charge is 2.28. The van der Waals surface area contributed by atoms with Crippen LogP contribution >= 0.6 is 27.3 Å². The zero-order valence-electron chi connectivity index (χ0n) is 21.8. The number of hydrogen-bond donors (Lipinski definition) is 2. The van der Waals surface area contributed by atoms with Gasteiger partial charge in [-0.15, -0.1) is 11.3 Å². The number of anilines is 1. The van der Waals surface area contributed by atoms with Crippen molar-refractivity contribution in [1.82, 2.24) is 5.43 Å². The van der Waals surface area contributed by atoms with E-state index in [1.165, 1.54) is 37.3 Å². The van der Waals surface area contributed by atoms with E-state index in [9.17, 15) is 14.4 Å². The number of fused-ring (bicyclic) bond motifs is 1. The van der Waals surface area contributed by atoms with Crippen LogP contribution in [-0.2, 0) is 33.8 Å². The van der Waals surface area contributed by atoms with Gasteiger partial charge in [0.25, 0.3) is 0 Å². The van der Waals surface area contributed by atoms with Gasteiger partial charge in [-0.25, -0.2) is 10.2 Å². The first-order chi connectivity index (χ1) is 18.8. The quantitative estimate of drug-likeness (QED) is 0.157. The summed E-state index contributed by atoms with van der Waals surface area (Å²) >= 11 is 4.80. The summed E-state index contributed by atoms with van der Waals surface area (Å²) in [7, 11) is 2.82. The van der Waals surface area contributed by atoms with Gasteiger partial charge in [-0.2, -0.15) is 5.10 Å². The minimum Gasteiger partial charge on any atom is -0.493 e. The van der Waals surface area contributed by atoms with Crippen LogP contribution in [0.25, 0.3) is 0 Å². The molecule has 0 radical (unpaired) electrons. The highest BCUT2D eigenvalue weighted by Crippen LogP contribution is 2.39. The van der Waals surface area contributed by atoms with Gasteiger partial charge in [0.05, 0.1) is 30.5 Å². The number of methoxy groups -OCH3 is 2. The minimum absolute atomic E-state index is 0.313. The average Bonchev–Trinajstić information content (AvgIpc) is 3.30. The lowest BCUT2D eigenvalue weighted by Gasteiger charge is -2.13. The van der Waals surface area contributed by atoms with Gasteiger partial charge in [-0.05, 0) is 77.4 Å². The maximum absolute atomic E-state index is 12.6. The number of rotatable bonds is 8. The standard InChI is InChI=1S/C28H28BrN3O6S/c1-16-8-10-17(11-9-16)15-38-24-20(29)12-18(13-21(24)36-2)14-30-32-26(34)25(33)31-27-23(28(35)37-3)19-6-4-5-7-22(19)39-27/h8-14H,4-7,15H2,1-3H3,(H,31,33)(H,32,34)/b30-14+. The third kappa shape index (κ3) is 6.85. The third-order valence-corrected chi connectivity index (χ3v) is 7.93. The molecule has 0 bridgehead atoms. The Morgan fingerprint density at radius 1 is 1.08 bits per heavy atom. The Kier molecular flexibility index (Phi) is 9.36. The van der Waals surface area contributed by atoms with Gasteiger partial charge in [0.2, 0.25) is 0 Å². The minimum atomic E-state index is -0.975. The Balaban J connectivity index is 1.40. The van der Waals surface area contributed by atoms with Gasteiger partial charge in [-0.1, -0.05) is 29.8 Å². The van der Waals surface area contributed by atoms with Gasteiger partial charge < -0.3 is 19.5 Å². The molecule has 2 N–H and O–H groups in total. The van der Waals surface area contributed by atoms with Gasteiger partial charge in [0.1, 0.15) is 11.6 Å². The average molecular weight is 615 g/mol. The van der Waals surface area contributed by atoms with Crippen molar-refractivity contribution in [1.29, 1.82) is 0 Å². The Morgan fingerprint density at radius 3 is 2.54 bits per heavy atom. The largest absolute Gasteiger partial charge is 0.493 e. The summed E-state index contributed by atoms with van der Waals surface area (Å²) in [5.74, 6) is -1.45. The van der Waals surface area contributed by atoms with Crippen LogP contribution in [0, 0.1) is 6.92 Å². The zero-order chi connectivity index (χ0) is 27.9. The number of hydrogen-bond acceptors (Lipinski definition) is 8. The first kappa shape index (κ1) is 28.3. The first-order valence-electron chi connectivity index (χ1n) is 12.2. The second-order valence-corrected chi connectivity index (χ2v) is 10.8. The van der Waals surface area contributed by atoms with E-state index < -0.39 is 17.8 Å². The molecule has 0 aliphatic heterocycles. The molecule has 0 spiro atoms. The Hall–Kier alpha value is -3.70. The van der Waals surface area contributed by atoms with Crippen molar-refractivity contribution in [3.05, 3.63) is 73.6 Å². The number of ether oxygens (including phenoxy) is 3. The smallest absolute Gasteiger partial charge is 0.341 e. The van der Waals surface area contributed by atoms with Crippen molar-refractivity contribution in [2.45, 2.75) is 39.2 Å². The molecule has 1 aromatic heterocycles. The zero-order valence-corrected chi connectivity index (χ0v) is 24.2. The Bertz CT molecular complexity index is 1420. The summed E-state index contributed by atoms with van der Waals surface area (Å²) in [6.45, 7) is 2.38. The number of nitrogens with zero attached hydrogens (tertiary/aromatic N) is 1. The number of aryl methyl sites for hydroxylation is 2. The highest BCUT2D eigenvalue weighted by molar-refractivity contribution is 9.10. The Morgan fingerprint density at radius 2 is 1.82 bits per heavy atom. The molecule has 0 fully saturated rings. The van der Waals surface area contributed by atoms with Crippen LogP contribution in [0.4, 0.5) is 5.00 Å². The molecule has 2 amide bonds. The van der Waals surface area contributed by atoms with Crippen LogP contribution in [0.5, 0.6) is 11.5 Å². The molecular weight excluding hydrogens is 586 g/mol. The van der Waals surface area contributed by atoms with E-state index in [-0.39, 0.29) is 0 Å². The number of carbonyl (C=O) groups excluding carboxylic acids is 3. The molecule has 1 aliphatic carbocycles. The predicted molar refractivity (Wildman–Crippen MR) is 153 cm³/mol. The van der Waals surface area contributed by atoms with E-state index in [4.69, 9.17) is 14.2 Å². The fourth-order valence-electron chi connectivity index (χ4n) is 4.14. The van der Waals surface area contributed by atoms with E-state index in [1.54, 1.807) is 12.1 Å². The van der Waals surface area contributed by atoms with E-state index in [0.29, 0.717) is 38.7 Å². The lowest BCUT2D eigenvalue weighted by Crippen LogP contribution is -2.32. The molecule has 3 aromatic rings. The molecular formula is C28H28BrN3O6S. The highest BCUT2D eigenvalue weighted by atomic mass is 79.9. The second kappa shape index (κ2) is 12.9. The van der Waals surface area contributed by atoms with E-state index in [0.717, 1.165) is 41.7 Å². The molecule has 1 aliphatic rings. The molecule has 11 heteroatoms. The van der Waals surface area contributed by atoms with Gasteiger partial charge in [0.15, 0.2) is 11.5 Å². The maximum Gasteiger partial charge on any atom is 0.341 e. The van der Waals surface area contributed by atoms with Crippen molar-refractivity contribution >= 4 is 56.3 Å². The first-order valence-corrected chi connectivity index (χ1v) is 13.8. The number of benzene rings is 2. The fourth-order valence-corrected chi connectivity index (χ4v) is 5.99. The molecule has 1 heterocycles. The molecule has 0 saturated carbocycles. The number of esters is 1. The van der Waals surface area contributed by atoms with Crippen LogP contribution in [0.1, 0.15) is 50.3 Å². The lowest BCUT2D eigenvalue weighted by atomic mass is 9.95. The summed E-state index contributed by atoms with van der Waals surface area (Å²) in [6, 6.07) is 11.5. The van der Waals surface area contributed by atoms with Gasteiger partial charge in [-0.3, -0.25) is 9.59 Å². The van der Waals surface area contributed by atoms with Crippen molar-refractivity contribution in [3.63, 3.8) is 0 Å². The number of thiophene rings is 1. The summed E-state index contributed by atoms with van der Waals surface area (Å²) in [5, 5.41) is 6.76.